The van der Waals surface area contributed by atoms with Crippen molar-refractivity contribution in [2.75, 3.05) is 26.2 Å². The molecular formula is C14H31N3O2S. The number of unbranched alkanes of at least 4 members (excludes halogenated alkanes) is 5. The molecule has 1 aliphatic heterocycles. The third-order valence-electron chi connectivity index (χ3n) is 4.06. The van der Waals surface area contributed by atoms with E-state index in [9.17, 15) is 8.42 Å². The highest BCUT2D eigenvalue weighted by molar-refractivity contribution is 7.87. The van der Waals surface area contributed by atoms with Crippen molar-refractivity contribution in [3.8, 4) is 0 Å². The highest BCUT2D eigenvalue weighted by Gasteiger charge is 2.26. The number of piperidine rings is 1. The van der Waals surface area contributed by atoms with Crippen LogP contribution in [0.3, 0.4) is 0 Å². The summed E-state index contributed by atoms with van der Waals surface area (Å²) in [4.78, 5) is 0. The summed E-state index contributed by atoms with van der Waals surface area (Å²) in [6.07, 6.45) is 8.79. The Hall–Kier alpha value is -0.170. The smallest absolute Gasteiger partial charge is 0.279 e. The zero-order valence-corrected chi connectivity index (χ0v) is 13.6. The first-order valence-corrected chi connectivity index (χ1v) is 9.49. The molecule has 0 spiro atoms. The van der Waals surface area contributed by atoms with Gasteiger partial charge in [0.2, 0.25) is 0 Å². The average molecular weight is 305 g/mol. The van der Waals surface area contributed by atoms with Gasteiger partial charge in [0.05, 0.1) is 0 Å². The highest BCUT2D eigenvalue weighted by Crippen LogP contribution is 2.17. The first-order valence-electron chi connectivity index (χ1n) is 8.05. The summed E-state index contributed by atoms with van der Waals surface area (Å²) < 4.78 is 28.5. The van der Waals surface area contributed by atoms with Crippen LogP contribution in [0.15, 0.2) is 0 Å². The number of hydrogen-bond acceptors (Lipinski definition) is 3. The summed E-state index contributed by atoms with van der Waals surface area (Å²) in [5.41, 5.74) is 5.62. The molecule has 0 aliphatic carbocycles. The van der Waals surface area contributed by atoms with E-state index in [1.807, 2.05) is 0 Å². The molecule has 3 N–H and O–H groups in total. The minimum atomic E-state index is -3.27. The summed E-state index contributed by atoms with van der Waals surface area (Å²) in [5, 5.41) is 0. The predicted molar refractivity (Wildman–Crippen MR) is 83.6 cm³/mol. The van der Waals surface area contributed by atoms with Crippen LogP contribution in [0.1, 0.15) is 58.3 Å². The van der Waals surface area contributed by atoms with Crippen molar-refractivity contribution >= 4 is 10.2 Å². The van der Waals surface area contributed by atoms with E-state index in [1.54, 1.807) is 4.31 Å². The first-order chi connectivity index (χ1) is 9.60. The van der Waals surface area contributed by atoms with Crippen molar-refractivity contribution < 1.29 is 8.42 Å². The van der Waals surface area contributed by atoms with Crippen LogP contribution in [0.5, 0.6) is 0 Å². The largest absolute Gasteiger partial charge is 0.330 e. The Balaban J connectivity index is 2.15. The number of nitrogens with zero attached hydrogens (tertiary/aromatic N) is 1. The Morgan fingerprint density at radius 2 is 1.70 bits per heavy atom. The molecule has 5 nitrogen and oxygen atoms in total. The van der Waals surface area contributed by atoms with Crippen LogP contribution in [0, 0.1) is 5.92 Å². The molecule has 0 amide bonds. The van der Waals surface area contributed by atoms with Crippen molar-refractivity contribution in [3.63, 3.8) is 0 Å². The third-order valence-corrected chi connectivity index (χ3v) is 5.68. The van der Waals surface area contributed by atoms with Gasteiger partial charge in [-0.15, -0.1) is 0 Å². The van der Waals surface area contributed by atoms with Gasteiger partial charge in [0.25, 0.3) is 10.2 Å². The number of rotatable bonds is 10. The lowest BCUT2D eigenvalue weighted by Crippen LogP contribution is -2.46. The Labute approximate surface area is 124 Å². The quantitative estimate of drug-likeness (QED) is 0.605. The zero-order valence-electron chi connectivity index (χ0n) is 12.8. The van der Waals surface area contributed by atoms with Gasteiger partial charge in [0.1, 0.15) is 0 Å². The van der Waals surface area contributed by atoms with Crippen molar-refractivity contribution in [1.29, 1.82) is 0 Å². The van der Waals surface area contributed by atoms with Crippen LogP contribution in [-0.4, -0.2) is 38.9 Å². The topological polar surface area (TPSA) is 75.4 Å². The summed E-state index contributed by atoms with van der Waals surface area (Å²) in [6.45, 7) is 4.63. The minimum absolute atomic E-state index is 0.486. The van der Waals surface area contributed by atoms with E-state index in [1.165, 1.54) is 25.7 Å². The summed E-state index contributed by atoms with van der Waals surface area (Å²) in [7, 11) is -3.27. The lowest BCUT2D eigenvalue weighted by atomic mass is 9.99. The fraction of sp³-hybridized carbons (Fsp3) is 1.00. The molecule has 0 radical (unpaired) electrons. The van der Waals surface area contributed by atoms with Gasteiger partial charge >= 0.3 is 0 Å². The SMILES string of the molecule is CCCCCCCCNS(=O)(=O)N1CCC(CN)CC1. The molecule has 0 aromatic carbocycles. The summed E-state index contributed by atoms with van der Waals surface area (Å²) in [5.74, 6) is 0.486. The third kappa shape index (κ3) is 6.52. The van der Waals surface area contributed by atoms with Crippen molar-refractivity contribution in [2.24, 2.45) is 11.7 Å². The van der Waals surface area contributed by atoms with Crippen LogP contribution < -0.4 is 10.5 Å². The molecule has 1 saturated heterocycles. The van der Waals surface area contributed by atoms with Gasteiger partial charge in [-0.2, -0.15) is 12.7 Å². The van der Waals surface area contributed by atoms with E-state index in [0.29, 0.717) is 32.1 Å². The van der Waals surface area contributed by atoms with Gasteiger partial charge in [-0.3, -0.25) is 0 Å². The molecular weight excluding hydrogens is 274 g/mol. The molecule has 0 bridgehead atoms. The second-order valence-electron chi connectivity index (χ2n) is 5.75. The van der Waals surface area contributed by atoms with E-state index in [0.717, 1.165) is 25.7 Å². The molecule has 1 aliphatic rings. The van der Waals surface area contributed by atoms with Crippen LogP contribution >= 0.6 is 0 Å². The van der Waals surface area contributed by atoms with Crippen LogP contribution in [0.25, 0.3) is 0 Å². The number of hydrogen-bond donors (Lipinski definition) is 2. The maximum Gasteiger partial charge on any atom is 0.279 e. The van der Waals surface area contributed by atoms with Gasteiger partial charge in [-0.25, -0.2) is 4.72 Å². The van der Waals surface area contributed by atoms with E-state index >= 15 is 0 Å². The Morgan fingerprint density at radius 1 is 1.10 bits per heavy atom. The summed E-state index contributed by atoms with van der Waals surface area (Å²) >= 11 is 0. The maximum absolute atomic E-state index is 12.1. The maximum atomic E-state index is 12.1. The lowest BCUT2D eigenvalue weighted by Gasteiger charge is -2.30. The average Bonchev–Trinajstić information content (AvgIpc) is 2.46. The van der Waals surface area contributed by atoms with E-state index in [2.05, 4.69) is 11.6 Å². The zero-order chi connectivity index (χ0) is 14.8. The number of nitrogens with two attached hydrogens (primary N) is 1. The Kier molecular flexibility index (Phi) is 8.68. The van der Waals surface area contributed by atoms with E-state index in [4.69, 9.17) is 5.73 Å². The molecule has 1 rings (SSSR count). The standard InChI is InChI=1S/C14H31N3O2S/c1-2-3-4-5-6-7-10-16-20(18,19)17-11-8-14(13-15)9-12-17/h14,16H,2-13,15H2,1H3. The molecule has 0 unspecified atom stereocenters. The molecule has 1 heterocycles. The molecule has 120 valence electrons. The molecule has 0 aromatic heterocycles. The van der Waals surface area contributed by atoms with Crippen molar-refractivity contribution in [3.05, 3.63) is 0 Å². The predicted octanol–water partition coefficient (Wildman–Crippen LogP) is 1.85. The van der Waals surface area contributed by atoms with E-state index in [-0.39, 0.29) is 0 Å². The normalized spacial score (nSPS) is 18.5. The Morgan fingerprint density at radius 3 is 2.30 bits per heavy atom. The molecule has 6 heteroatoms. The number of nitrogens with one attached hydrogen (secondary N) is 1. The molecule has 0 atom stereocenters. The highest BCUT2D eigenvalue weighted by atomic mass is 32.2. The van der Waals surface area contributed by atoms with Crippen molar-refractivity contribution in [1.82, 2.24) is 9.03 Å². The van der Waals surface area contributed by atoms with Gasteiger partial charge in [-0.1, -0.05) is 39.0 Å². The Bertz CT molecular complexity index is 338. The molecule has 1 fully saturated rings. The second kappa shape index (κ2) is 9.71. The second-order valence-corrected chi connectivity index (χ2v) is 7.50. The van der Waals surface area contributed by atoms with Gasteiger partial charge in [-0.05, 0) is 31.7 Å². The van der Waals surface area contributed by atoms with Crippen LogP contribution in [-0.2, 0) is 10.2 Å². The van der Waals surface area contributed by atoms with Crippen LogP contribution in [0.4, 0.5) is 0 Å². The molecule has 20 heavy (non-hydrogen) atoms. The molecule has 0 aromatic rings. The minimum Gasteiger partial charge on any atom is -0.330 e. The molecule has 0 saturated carbocycles. The van der Waals surface area contributed by atoms with Gasteiger partial charge < -0.3 is 5.73 Å². The first kappa shape index (κ1) is 17.9. The fourth-order valence-electron chi connectivity index (χ4n) is 2.58. The van der Waals surface area contributed by atoms with E-state index < -0.39 is 10.2 Å². The van der Waals surface area contributed by atoms with Gasteiger partial charge in [0, 0.05) is 19.6 Å². The fourth-order valence-corrected chi connectivity index (χ4v) is 3.86. The monoisotopic (exact) mass is 305 g/mol. The van der Waals surface area contributed by atoms with Gasteiger partial charge in [0.15, 0.2) is 0 Å². The van der Waals surface area contributed by atoms with Crippen LogP contribution in [0.2, 0.25) is 0 Å². The van der Waals surface area contributed by atoms with Crippen molar-refractivity contribution in [2.45, 2.75) is 58.3 Å². The lowest BCUT2D eigenvalue weighted by molar-refractivity contribution is 0.276. The summed E-state index contributed by atoms with van der Waals surface area (Å²) in [6, 6.07) is 0.